The number of morpholine rings is 1. The Bertz CT molecular complexity index is 1430. The van der Waals surface area contributed by atoms with E-state index in [4.69, 9.17) is 13.8 Å². The lowest BCUT2D eigenvalue weighted by atomic mass is 10.0. The lowest BCUT2D eigenvalue weighted by Gasteiger charge is -2.26. The number of nitrogens with one attached hydrogen (secondary N) is 3. The number of halogens is 3. The highest BCUT2D eigenvalue weighted by molar-refractivity contribution is 7.85. The van der Waals surface area contributed by atoms with E-state index >= 15 is 0 Å². The fourth-order valence-electron chi connectivity index (χ4n) is 4.21. The zero-order chi connectivity index (χ0) is 30.4. The van der Waals surface area contributed by atoms with Gasteiger partial charge in [0, 0.05) is 49.7 Å². The molecule has 1 aliphatic carbocycles. The average molecular weight is 613 g/mol. The van der Waals surface area contributed by atoms with Gasteiger partial charge in [0.25, 0.3) is 10.1 Å². The molecular weight excluding hydrogens is 581 g/mol. The Morgan fingerprint density at radius 1 is 1.05 bits per heavy atom. The molecule has 1 aromatic carbocycles. The number of carbonyl (C=O) groups excluding carboxylic acids is 1. The van der Waals surface area contributed by atoms with E-state index in [0.717, 1.165) is 62.4 Å². The summed E-state index contributed by atoms with van der Waals surface area (Å²) in [4.78, 5) is 19.1. The molecule has 1 saturated heterocycles. The van der Waals surface area contributed by atoms with Crippen molar-refractivity contribution in [3.63, 3.8) is 0 Å². The van der Waals surface area contributed by atoms with Crippen LogP contribution in [0.15, 0.2) is 53.2 Å². The van der Waals surface area contributed by atoms with Gasteiger partial charge in [0.1, 0.15) is 11.2 Å². The minimum atomic E-state index is -4.41. The van der Waals surface area contributed by atoms with E-state index in [9.17, 15) is 26.4 Å². The average Bonchev–Trinajstić information content (AvgIpc) is 3.63. The Kier molecular flexibility index (Phi) is 9.71. The highest BCUT2D eigenvalue weighted by atomic mass is 32.2. The van der Waals surface area contributed by atoms with Gasteiger partial charge in [0.2, 0.25) is 0 Å². The summed E-state index contributed by atoms with van der Waals surface area (Å²) in [5.74, 6) is 0.432. The Labute approximate surface area is 240 Å². The number of benzene rings is 1. The number of hydrogen-bond donors (Lipinski definition) is 4. The van der Waals surface area contributed by atoms with Crippen LogP contribution >= 0.6 is 0 Å². The summed E-state index contributed by atoms with van der Waals surface area (Å²) in [5.41, 5.74) is 0.358. The molecule has 2 fully saturated rings. The van der Waals surface area contributed by atoms with E-state index < -0.39 is 27.7 Å². The summed E-state index contributed by atoms with van der Waals surface area (Å²) in [5, 5.41) is 11.9. The van der Waals surface area contributed by atoms with Crippen LogP contribution in [0.3, 0.4) is 0 Å². The van der Waals surface area contributed by atoms with Crippen molar-refractivity contribution in [2.75, 3.05) is 61.6 Å². The molecule has 2 aromatic heterocycles. The molecule has 228 valence electrons. The van der Waals surface area contributed by atoms with Gasteiger partial charge in [0.15, 0.2) is 11.6 Å². The van der Waals surface area contributed by atoms with Crippen molar-refractivity contribution < 1.29 is 40.2 Å². The zero-order valence-corrected chi connectivity index (χ0v) is 23.5. The van der Waals surface area contributed by atoms with Crippen molar-refractivity contribution >= 4 is 33.5 Å². The van der Waals surface area contributed by atoms with E-state index in [2.05, 4.69) is 31.0 Å². The number of alkyl halides is 3. The molecule has 16 heteroatoms. The number of carbonyl (C=O) groups is 1. The van der Waals surface area contributed by atoms with Crippen molar-refractivity contribution in [3.8, 4) is 11.1 Å². The molecule has 0 spiro atoms. The van der Waals surface area contributed by atoms with Gasteiger partial charge in [-0.25, -0.2) is 9.78 Å². The Morgan fingerprint density at radius 3 is 2.26 bits per heavy atom. The van der Waals surface area contributed by atoms with E-state index in [-0.39, 0.29) is 24.4 Å². The van der Waals surface area contributed by atoms with Crippen LogP contribution in [0.5, 0.6) is 0 Å². The molecule has 1 aliphatic heterocycles. The number of aromatic nitrogens is 2. The molecule has 42 heavy (non-hydrogen) atoms. The molecule has 0 radical (unpaired) electrons. The number of rotatable bonds is 8. The first-order valence-electron chi connectivity index (χ1n) is 13.0. The maximum Gasteiger partial charge on any atom is 0.401 e. The third-order valence-corrected chi connectivity index (χ3v) is 6.59. The molecule has 3 heterocycles. The van der Waals surface area contributed by atoms with Gasteiger partial charge in [-0.15, -0.1) is 0 Å². The molecule has 5 rings (SSSR count). The third kappa shape index (κ3) is 8.88. The number of urea groups is 1. The second-order valence-corrected chi connectivity index (χ2v) is 11.3. The quantitative estimate of drug-likeness (QED) is 0.271. The Balaban J connectivity index is 0.000000748. The number of amides is 2. The monoisotopic (exact) mass is 612 g/mol. The number of pyridine rings is 1. The minimum absolute atomic E-state index is 0.0482. The van der Waals surface area contributed by atoms with E-state index in [0.29, 0.717) is 11.9 Å². The molecular formula is C26H31F3N6O6S. The first-order valence-corrected chi connectivity index (χ1v) is 14.8. The lowest BCUT2D eigenvalue weighted by molar-refractivity contribution is -0.165. The van der Waals surface area contributed by atoms with Gasteiger partial charge in [0.05, 0.1) is 19.5 Å². The Hall–Kier alpha value is -3.73. The summed E-state index contributed by atoms with van der Waals surface area (Å²) in [7, 11) is -3.67. The molecule has 0 unspecified atom stereocenters. The van der Waals surface area contributed by atoms with Crippen molar-refractivity contribution in [1.82, 2.24) is 15.0 Å². The molecule has 0 atom stereocenters. The number of anilines is 3. The highest BCUT2D eigenvalue weighted by Crippen LogP contribution is 2.59. The van der Waals surface area contributed by atoms with Crippen LogP contribution in [0, 0.1) is 0 Å². The highest BCUT2D eigenvalue weighted by Gasteiger charge is 2.66. The second-order valence-electron chi connectivity index (χ2n) is 9.86. The van der Waals surface area contributed by atoms with Crippen molar-refractivity contribution in [1.29, 1.82) is 0 Å². The van der Waals surface area contributed by atoms with Crippen LogP contribution in [-0.4, -0.2) is 85.9 Å². The third-order valence-electron chi connectivity index (χ3n) is 6.59. The molecule has 2 amide bonds. The van der Waals surface area contributed by atoms with Crippen molar-refractivity contribution in [2.45, 2.75) is 24.4 Å². The lowest BCUT2D eigenvalue weighted by Crippen LogP contribution is -2.39. The second kappa shape index (κ2) is 13.1. The standard InChI is InChI=1S/C25H27F3N6O3.CH4O3S/c26-25(27,28)24(7-8-24)20-15-22(33-37-20)32-23(35)31-19-4-1-17(2-5-19)18-3-6-21(30-16-18)29-9-10-34-11-13-36-14-12-34;1-5(2,3)4/h1-6,15-16H,7-14H2,(H,29,30)(H2,31,32,33,35);1H3,(H,2,3,4). The van der Waals surface area contributed by atoms with Gasteiger partial charge in [-0.3, -0.25) is 14.8 Å². The van der Waals surface area contributed by atoms with Gasteiger partial charge in [-0.1, -0.05) is 17.3 Å². The summed E-state index contributed by atoms with van der Waals surface area (Å²) in [6.45, 7) is 5.18. The fraction of sp³-hybridized carbons (Fsp3) is 0.423. The molecule has 3 aromatic rings. The van der Waals surface area contributed by atoms with Gasteiger partial charge in [-0.05, 0) is 42.7 Å². The normalized spacial score (nSPS) is 16.6. The number of hydrogen-bond acceptors (Lipinski definition) is 9. The van der Waals surface area contributed by atoms with E-state index in [1.54, 1.807) is 18.3 Å². The largest absolute Gasteiger partial charge is 0.401 e. The zero-order valence-electron chi connectivity index (χ0n) is 22.6. The van der Waals surface area contributed by atoms with Gasteiger partial charge < -0.3 is 19.9 Å². The number of ether oxygens (including phenoxy) is 1. The fourth-order valence-corrected chi connectivity index (χ4v) is 4.21. The van der Waals surface area contributed by atoms with E-state index in [1.807, 2.05) is 24.3 Å². The molecule has 4 N–H and O–H groups in total. The maximum atomic E-state index is 13.2. The van der Waals surface area contributed by atoms with E-state index in [1.165, 1.54) is 0 Å². The summed E-state index contributed by atoms with van der Waals surface area (Å²) >= 11 is 0. The van der Waals surface area contributed by atoms with Gasteiger partial charge >= 0.3 is 12.2 Å². The predicted octanol–water partition coefficient (Wildman–Crippen LogP) is 4.22. The SMILES string of the molecule is CS(=O)(=O)O.O=C(Nc1ccc(-c2ccc(NCCN3CCOCC3)nc2)cc1)Nc1cc(C2(C(F)(F)F)CC2)on1. The van der Waals surface area contributed by atoms with Crippen LogP contribution < -0.4 is 16.0 Å². The molecule has 12 nitrogen and oxygen atoms in total. The first kappa shape index (κ1) is 31.2. The van der Waals surface area contributed by atoms with Crippen LogP contribution in [-0.2, 0) is 20.3 Å². The maximum absolute atomic E-state index is 13.2. The number of nitrogens with zero attached hydrogens (tertiary/aromatic N) is 3. The van der Waals surface area contributed by atoms with Crippen LogP contribution in [0.25, 0.3) is 11.1 Å². The molecule has 1 saturated carbocycles. The summed E-state index contributed by atoms with van der Waals surface area (Å²) < 4.78 is 75.8. The summed E-state index contributed by atoms with van der Waals surface area (Å²) in [6, 6.07) is 11.5. The molecule has 0 bridgehead atoms. The smallest absolute Gasteiger partial charge is 0.379 e. The first-order chi connectivity index (χ1) is 19.8. The predicted molar refractivity (Wildman–Crippen MR) is 149 cm³/mol. The topological polar surface area (TPSA) is 159 Å². The van der Waals surface area contributed by atoms with Gasteiger partial charge in [-0.2, -0.15) is 21.6 Å². The summed E-state index contributed by atoms with van der Waals surface area (Å²) in [6.07, 6.45) is -2.01. The van der Waals surface area contributed by atoms with Crippen molar-refractivity contribution in [3.05, 3.63) is 54.4 Å². The minimum Gasteiger partial charge on any atom is -0.379 e. The molecule has 2 aliphatic rings. The van der Waals surface area contributed by atoms with Crippen LogP contribution in [0.4, 0.5) is 35.3 Å². The Morgan fingerprint density at radius 2 is 1.69 bits per heavy atom. The van der Waals surface area contributed by atoms with Crippen LogP contribution in [0.2, 0.25) is 0 Å². The van der Waals surface area contributed by atoms with Crippen LogP contribution in [0.1, 0.15) is 18.6 Å². The van der Waals surface area contributed by atoms with Crippen molar-refractivity contribution in [2.24, 2.45) is 0 Å².